The number of pyridine rings is 2. The number of halogens is 2. The van der Waals surface area contributed by atoms with Crippen molar-refractivity contribution in [3.63, 3.8) is 0 Å². The second kappa shape index (κ2) is 5.56. The lowest BCUT2D eigenvalue weighted by Gasteiger charge is -2.05. The molecule has 0 amide bonds. The Balaban J connectivity index is 2.39. The summed E-state index contributed by atoms with van der Waals surface area (Å²) in [5.41, 5.74) is 0.00113. The van der Waals surface area contributed by atoms with E-state index in [1.807, 2.05) is 0 Å². The van der Waals surface area contributed by atoms with Crippen LogP contribution in [0.1, 0.15) is 10.4 Å². The first kappa shape index (κ1) is 13.1. The van der Waals surface area contributed by atoms with Gasteiger partial charge in [0.1, 0.15) is 10.1 Å². The standard InChI is InChI=1S/C11H6Cl2N2O2S/c12-7-2-1-4-14-9(7)18-10-8(13)6(11(16)17)3-5-15-10/h1-5H,(H,16,17). The molecule has 0 aromatic carbocycles. The summed E-state index contributed by atoms with van der Waals surface area (Å²) < 4.78 is 0. The van der Waals surface area contributed by atoms with Crippen molar-refractivity contribution in [1.82, 2.24) is 9.97 Å². The Morgan fingerprint density at radius 3 is 2.56 bits per heavy atom. The van der Waals surface area contributed by atoms with Crippen molar-refractivity contribution in [2.45, 2.75) is 10.1 Å². The largest absolute Gasteiger partial charge is 0.478 e. The topological polar surface area (TPSA) is 63.1 Å². The second-order valence-corrected chi connectivity index (χ2v) is 4.94. The molecule has 18 heavy (non-hydrogen) atoms. The monoisotopic (exact) mass is 300 g/mol. The van der Waals surface area contributed by atoms with Crippen LogP contribution in [0, 0.1) is 0 Å². The minimum atomic E-state index is -1.10. The van der Waals surface area contributed by atoms with Gasteiger partial charge in [-0.15, -0.1) is 0 Å². The van der Waals surface area contributed by atoms with Gasteiger partial charge in [0.2, 0.25) is 0 Å². The molecule has 2 aromatic heterocycles. The highest BCUT2D eigenvalue weighted by Gasteiger charge is 2.15. The Morgan fingerprint density at radius 2 is 1.89 bits per heavy atom. The van der Waals surface area contributed by atoms with Gasteiger partial charge in [-0.1, -0.05) is 23.2 Å². The molecule has 2 aromatic rings. The van der Waals surface area contributed by atoms with E-state index in [9.17, 15) is 4.79 Å². The van der Waals surface area contributed by atoms with Gasteiger partial charge in [0.25, 0.3) is 0 Å². The van der Waals surface area contributed by atoms with Crippen LogP contribution in [0.25, 0.3) is 0 Å². The molecule has 7 heteroatoms. The fourth-order valence-corrected chi connectivity index (χ4v) is 2.52. The van der Waals surface area contributed by atoms with Crippen LogP contribution < -0.4 is 0 Å². The van der Waals surface area contributed by atoms with E-state index >= 15 is 0 Å². The number of carboxylic acid groups (broad SMARTS) is 1. The molecule has 0 unspecified atom stereocenters. The molecule has 0 atom stereocenters. The Kier molecular flexibility index (Phi) is 4.06. The maximum atomic E-state index is 10.9. The Labute approximate surface area is 117 Å². The molecule has 0 radical (unpaired) electrons. The summed E-state index contributed by atoms with van der Waals surface area (Å²) in [6.07, 6.45) is 2.97. The zero-order chi connectivity index (χ0) is 13.1. The van der Waals surface area contributed by atoms with Crippen LogP contribution in [0.5, 0.6) is 0 Å². The van der Waals surface area contributed by atoms with Crippen LogP contribution in [0.3, 0.4) is 0 Å². The summed E-state index contributed by atoms with van der Waals surface area (Å²) >= 11 is 13.1. The third-order valence-electron chi connectivity index (χ3n) is 2.01. The highest BCUT2D eigenvalue weighted by molar-refractivity contribution is 7.99. The Hall–Kier alpha value is -1.30. The molecule has 0 aliphatic heterocycles. The van der Waals surface area contributed by atoms with Crippen LogP contribution in [-0.2, 0) is 0 Å². The van der Waals surface area contributed by atoms with Crippen molar-refractivity contribution in [2.75, 3.05) is 0 Å². The van der Waals surface area contributed by atoms with Crippen molar-refractivity contribution < 1.29 is 9.90 Å². The molecular weight excluding hydrogens is 295 g/mol. The van der Waals surface area contributed by atoms with Gasteiger partial charge in [0.15, 0.2) is 0 Å². The van der Waals surface area contributed by atoms with Crippen molar-refractivity contribution in [3.05, 3.63) is 46.2 Å². The number of hydrogen-bond acceptors (Lipinski definition) is 4. The zero-order valence-electron chi connectivity index (χ0n) is 8.80. The van der Waals surface area contributed by atoms with Crippen molar-refractivity contribution in [3.8, 4) is 0 Å². The Bertz CT molecular complexity index is 607. The van der Waals surface area contributed by atoms with Gasteiger partial charge in [-0.3, -0.25) is 0 Å². The van der Waals surface area contributed by atoms with E-state index in [1.54, 1.807) is 18.3 Å². The average molecular weight is 301 g/mol. The predicted molar refractivity (Wildman–Crippen MR) is 69.6 cm³/mol. The van der Waals surface area contributed by atoms with E-state index in [0.29, 0.717) is 15.1 Å². The number of aromatic nitrogens is 2. The van der Waals surface area contributed by atoms with Crippen molar-refractivity contribution in [1.29, 1.82) is 0 Å². The minimum Gasteiger partial charge on any atom is -0.478 e. The third-order valence-corrected chi connectivity index (χ3v) is 3.94. The van der Waals surface area contributed by atoms with Gasteiger partial charge in [-0.25, -0.2) is 14.8 Å². The number of carbonyl (C=O) groups is 1. The van der Waals surface area contributed by atoms with Gasteiger partial charge in [0, 0.05) is 12.4 Å². The Morgan fingerprint density at radius 1 is 1.17 bits per heavy atom. The minimum absolute atomic E-state index is 0.00113. The molecule has 0 saturated heterocycles. The van der Waals surface area contributed by atoms with Crippen LogP contribution >= 0.6 is 35.0 Å². The molecule has 0 saturated carbocycles. The maximum Gasteiger partial charge on any atom is 0.337 e. The molecule has 2 heterocycles. The highest BCUT2D eigenvalue weighted by atomic mass is 35.5. The number of aromatic carboxylic acids is 1. The summed E-state index contributed by atoms with van der Waals surface area (Å²) in [7, 11) is 0. The summed E-state index contributed by atoms with van der Waals surface area (Å²) in [6.45, 7) is 0. The molecule has 0 fully saturated rings. The molecular formula is C11H6Cl2N2O2S. The first-order valence-corrected chi connectivity index (χ1v) is 6.33. The van der Waals surface area contributed by atoms with Gasteiger partial charge in [-0.2, -0.15) is 0 Å². The molecule has 0 aliphatic rings. The third kappa shape index (κ3) is 2.75. The van der Waals surface area contributed by atoms with E-state index in [-0.39, 0.29) is 10.6 Å². The van der Waals surface area contributed by atoms with Gasteiger partial charge in [0.05, 0.1) is 15.6 Å². The van der Waals surface area contributed by atoms with Crippen LogP contribution in [0.2, 0.25) is 10.0 Å². The normalized spacial score (nSPS) is 10.3. The molecule has 0 spiro atoms. The lowest BCUT2D eigenvalue weighted by Crippen LogP contribution is -1.99. The summed E-state index contributed by atoms with van der Waals surface area (Å²) in [5.74, 6) is -1.10. The first-order chi connectivity index (χ1) is 8.59. The van der Waals surface area contributed by atoms with E-state index < -0.39 is 5.97 Å². The molecule has 1 N–H and O–H groups in total. The van der Waals surface area contributed by atoms with Crippen LogP contribution in [0.15, 0.2) is 40.6 Å². The van der Waals surface area contributed by atoms with Crippen LogP contribution in [0.4, 0.5) is 0 Å². The van der Waals surface area contributed by atoms with Crippen molar-refractivity contribution in [2.24, 2.45) is 0 Å². The molecule has 0 bridgehead atoms. The van der Waals surface area contributed by atoms with Gasteiger partial charge >= 0.3 is 5.97 Å². The summed E-state index contributed by atoms with van der Waals surface area (Å²) in [4.78, 5) is 19.0. The number of rotatable bonds is 3. The number of nitrogens with zero attached hydrogens (tertiary/aromatic N) is 2. The molecule has 4 nitrogen and oxygen atoms in total. The first-order valence-electron chi connectivity index (χ1n) is 4.75. The fraction of sp³-hybridized carbons (Fsp3) is 0. The van der Waals surface area contributed by atoms with E-state index in [0.717, 1.165) is 11.8 Å². The molecule has 0 aliphatic carbocycles. The highest BCUT2D eigenvalue weighted by Crippen LogP contribution is 2.35. The SMILES string of the molecule is O=C(O)c1ccnc(Sc2ncccc2Cl)c1Cl. The lowest BCUT2D eigenvalue weighted by molar-refractivity contribution is 0.0696. The van der Waals surface area contributed by atoms with Gasteiger partial charge in [-0.05, 0) is 30.0 Å². The molecule has 2 rings (SSSR count). The predicted octanol–water partition coefficient (Wildman–Crippen LogP) is 3.63. The van der Waals surface area contributed by atoms with E-state index in [4.69, 9.17) is 28.3 Å². The van der Waals surface area contributed by atoms with E-state index in [1.165, 1.54) is 12.3 Å². The second-order valence-electron chi connectivity index (χ2n) is 3.18. The quantitative estimate of drug-likeness (QED) is 0.937. The summed E-state index contributed by atoms with van der Waals surface area (Å²) in [5, 5.41) is 10.4. The van der Waals surface area contributed by atoms with Crippen LogP contribution in [-0.4, -0.2) is 21.0 Å². The molecule has 92 valence electrons. The van der Waals surface area contributed by atoms with E-state index in [2.05, 4.69) is 9.97 Å². The smallest absolute Gasteiger partial charge is 0.337 e. The van der Waals surface area contributed by atoms with Crippen molar-refractivity contribution >= 4 is 40.9 Å². The maximum absolute atomic E-state index is 10.9. The number of hydrogen-bond donors (Lipinski definition) is 1. The summed E-state index contributed by atoms with van der Waals surface area (Å²) in [6, 6.07) is 4.73. The lowest BCUT2D eigenvalue weighted by atomic mass is 10.3. The van der Waals surface area contributed by atoms with Gasteiger partial charge < -0.3 is 5.11 Å². The zero-order valence-corrected chi connectivity index (χ0v) is 11.1. The average Bonchev–Trinajstić information content (AvgIpc) is 2.34. The fourth-order valence-electron chi connectivity index (χ4n) is 1.20. The number of carboxylic acids is 1.